The number of rotatable bonds is 6. The van der Waals surface area contributed by atoms with Crippen molar-refractivity contribution in [1.82, 2.24) is 20.4 Å². The number of carbonyl (C=O) groups excluding carboxylic acids is 1. The Balaban J connectivity index is 0.00000225. The number of amides is 1. The number of nitrogens with one attached hydrogen (secondary N) is 2. The maximum absolute atomic E-state index is 13.1. The summed E-state index contributed by atoms with van der Waals surface area (Å²) in [6, 6.07) is 8.04. The highest BCUT2D eigenvalue weighted by Crippen LogP contribution is 2.30. The minimum absolute atomic E-state index is 0. The van der Waals surface area contributed by atoms with Gasteiger partial charge in [-0.2, -0.15) is 5.10 Å². The molecule has 2 aromatic heterocycles. The summed E-state index contributed by atoms with van der Waals surface area (Å²) in [7, 11) is 1.89. The zero-order valence-corrected chi connectivity index (χ0v) is 15.6. The SMILES string of the molecule is CNCCCNC(=O)c1cc2c(C)nn(-c3ccc(F)cc3)c2s1.Cl. The Labute approximate surface area is 155 Å². The molecule has 0 saturated carbocycles. The van der Waals surface area contributed by atoms with Crippen molar-refractivity contribution in [3.05, 3.63) is 46.7 Å². The number of carbonyl (C=O) groups is 1. The van der Waals surface area contributed by atoms with Crippen LogP contribution >= 0.6 is 23.7 Å². The number of halogens is 2. The fraction of sp³-hybridized carbons (Fsp3) is 0.294. The predicted octanol–water partition coefficient (Wildman–Crippen LogP) is 3.30. The van der Waals surface area contributed by atoms with E-state index in [0.29, 0.717) is 11.4 Å². The van der Waals surface area contributed by atoms with Crippen molar-refractivity contribution in [3.63, 3.8) is 0 Å². The largest absolute Gasteiger partial charge is 0.351 e. The summed E-state index contributed by atoms with van der Waals surface area (Å²) in [6.07, 6.45) is 0.884. The highest BCUT2D eigenvalue weighted by atomic mass is 35.5. The van der Waals surface area contributed by atoms with E-state index in [4.69, 9.17) is 0 Å². The first-order valence-corrected chi connectivity index (χ1v) is 8.59. The molecule has 2 heterocycles. The first kappa shape index (κ1) is 19.4. The van der Waals surface area contributed by atoms with Gasteiger partial charge in [-0.15, -0.1) is 23.7 Å². The lowest BCUT2D eigenvalue weighted by Crippen LogP contribution is -2.25. The minimum Gasteiger partial charge on any atom is -0.351 e. The summed E-state index contributed by atoms with van der Waals surface area (Å²) < 4.78 is 14.9. The summed E-state index contributed by atoms with van der Waals surface area (Å²) in [5.74, 6) is -0.357. The van der Waals surface area contributed by atoms with Crippen LogP contribution in [0.5, 0.6) is 0 Å². The van der Waals surface area contributed by atoms with Crippen LogP contribution in [0.15, 0.2) is 30.3 Å². The van der Waals surface area contributed by atoms with Gasteiger partial charge in [-0.25, -0.2) is 9.07 Å². The molecule has 0 aliphatic heterocycles. The molecule has 134 valence electrons. The Kier molecular flexibility index (Phi) is 6.52. The Morgan fingerprint density at radius 3 is 2.68 bits per heavy atom. The highest BCUT2D eigenvalue weighted by molar-refractivity contribution is 7.20. The first-order chi connectivity index (χ1) is 11.6. The molecule has 0 atom stereocenters. The van der Waals surface area contributed by atoms with E-state index >= 15 is 0 Å². The van der Waals surface area contributed by atoms with Gasteiger partial charge < -0.3 is 10.6 Å². The normalized spacial score (nSPS) is 10.7. The molecular formula is C17H20ClFN4OS. The van der Waals surface area contributed by atoms with Crippen LogP contribution in [-0.2, 0) is 0 Å². The van der Waals surface area contributed by atoms with Crippen LogP contribution in [0.2, 0.25) is 0 Å². The van der Waals surface area contributed by atoms with Crippen LogP contribution in [0, 0.1) is 12.7 Å². The molecule has 8 heteroatoms. The number of hydrogen-bond acceptors (Lipinski definition) is 4. The average molecular weight is 383 g/mol. The molecule has 0 saturated heterocycles. The van der Waals surface area contributed by atoms with E-state index in [1.54, 1.807) is 16.8 Å². The maximum Gasteiger partial charge on any atom is 0.261 e. The number of aryl methyl sites for hydroxylation is 1. The molecule has 0 radical (unpaired) electrons. The van der Waals surface area contributed by atoms with Gasteiger partial charge in [0.25, 0.3) is 5.91 Å². The topological polar surface area (TPSA) is 58.9 Å². The summed E-state index contributed by atoms with van der Waals surface area (Å²) in [6.45, 7) is 3.41. The van der Waals surface area contributed by atoms with Gasteiger partial charge in [0, 0.05) is 11.9 Å². The second-order valence-electron chi connectivity index (χ2n) is 5.52. The number of hydrogen-bond donors (Lipinski definition) is 2. The molecule has 0 unspecified atom stereocenters. The number of fused-ring (bicyclic) bond motifs is 1. The molecule has 1 aromatic carbocycles. The van der Waals surface area contributed by atoms with Crippen LogP contribution in [0.1, 0.15) is 21.8 Å². The van der Waals surface area contributed by atoms with Gasteiger partial charge in [0.15, 0.2) is 0 Å². The second kappa shape index (κ2) is 8.42. The van der Waals surface area contributed by atoms with E-state index in [1.807, 2.05) is 20.0 Å². The zero-order chi connectivity index (χ0) is 17.1. The third-order valence-corrected chi connectivity index (χ3v) is 4.84. The molecule has 0 spiro atoms. The van der Waals surface area contributed by atoms with Crippen molar-refractivity contribution in [2.45, 2.75) is 13.3 Å². The van der Waals surface area contributed by atoms with Crippen LogP contribution in [0.4, 0.5) is 4.39 Å². The highest BCUT2D eigenvalue weighted by Gasteiger charge is 2.16. The molecule has 3 aromatic rings. The second-order valence-corrected chi connectivity index (χ2v) is 6.55. The third-order valence-electron chi connectivity index (χ3n) is 3.73. The standard InChI is InChI=1S/C17H19FN4OS.ClH/c1-11-14-10-15(16(23)20-9-3-8-19-2)24-17(14)22(21-11)13-6-4-12(18)5-7-13;/h4-7,10,19H,3,8-9H2,1-2H3,(H,20,23);1H. The molecule has 0 bridgehead atoms. The van der Waals surface area contributed by atoms with E-state index in [-0.39, 0.29) is 24.1 Å². The lowest BCUT2D eigenvalue weighted by atomic mass is 10.3. The molecular weight excluding hydrogens is 363 g/mol. The van der Waals surface area contributed by atoms with Gasteiger partial charge in [-0.1, -0.05) is 0 Å². The van der Waals surface area contributed by atoms with Gasteiger partial charge in [0.2, 0.25) is 0 Å². The van der Waals surface area contributed by atoms with E-state index in [0.717, 1.165) is 34.6 Å². The number of benzene rings is 1. The first-order valence-electron chi connectivity index (χ1n) is 7.78. The molecule has 5 nitrogen and oxygen atoms in total. The van der Waals surface area contributed by atoms with Gasteiger partial charge in [-0.3, -0.25) is 4.79 Å². The minimum atomic E-state index is -0.285. The van der Waals surface area contributed by atoms with Crippen molar-refractivity contribution in [1.29, 1.82) is 0 Å². The Bertz CT molecular complexity index is 860. The molecule has 0 aliphatic rings. The van der Waals surface area contributed by atoms with E-state index in [2.05, 4.69) is 15.7 Å². The lowest BCUT2D eigenvalue weighted by molar-refractivity contribution is 0.0957. The Hall–Kier alpha value is -1.96. The average Bonchev–Trinajstić information content (AvgIpc) is 3.13. The lowest BCUT2D eigenvalue weighted by Gasteiger charge is -2.03. The van der Waals surface area contributed by atoms with Crippen molar-refractivity contribution < 1.29 is 9.18 Å². The van der Waals surface area contributed by atoms with Gasteiger partial charge >= 0.3 is 0 Å². The third kappa shape index (κ3) is 4.18. The van der Waals surface area contributed by atoms with Crippen molar-refractivity contribution >= 4 is 39.9 Å². The monoisotopic (exact) mass is 382 g/mol. The summed E-state index contributed by atoms with van der Waals surface area (Å²) in [4.78, 5) is 13.8. The van der Waals surface area contributed by atoms with Gasteiger partial charge in [0.1, 0.15) is 10.6 Å². The zero-order valence-electron chi connectivity index (χ0n) is 14.0. The van der Waals surface area contributed by atoms with Crippen LogP contribution in [-0.4, -0.2) is 35.8 Å². The fourth-order valence-electron chi connectivity index (χ4n) is 2.47. The number of nitrogens with zero attached hydrogens (tertiary/aromatic N) is 2. The molecule has 3 rings (SSSR count). The van der Waals surface area contributed by atoms with E-state index in [1.165, 1.54) is 23.5 Å². The summed E-state index contributed by atoms with van der Waals surface area (Å²) in [5, 5.41) is 11.4. The van der Waals surface area contributed by atoms with Crippen molar-refractivity contribution in [2.24, 2.45) is 0 Å². The van der Waals surface area contributed by atoms with Crippen molar-refractivity contribution in [2.75, 3.05) is 20.1 Å². The number of thiophene rings is 1. The maximum atomic E-state index is 13.1. The predicted molar refractivity (Wildman–Crippen MR) is 102 cm³/mol. The molecule has 0 fully saturated rings. The molecule has 25 heavy (non-hydrogen) atoms. The van der Waals surface area contributed by atoms with Crippen LogP contribution in [0.3, 0.4) is 0 Å². The van der Waals surface area contributed by atoms with Gasteiger partial charge in [0.05, 0.1) is 16.3 Å². The number of aromatic nitrogens is 2. The van der Waals surface area contributed by atoms with E-state index < -0.39 is 0 Å². The molecule has 0 aliphatic carbocycles. The molecule has 1 amide bonds. The van der Waals surface area contributed by atoms with Crippen molar-refractivity contribution in [3.8, 4) is 5.69 Å². The van der Waals surface area contributed by atoms with E-state index in [9.17, 15) is 9.18 Å². The Morgan fingerprint density at radius 1 is 1.28 bits per heavy atom. The fourth-order valence-corrected chi connectivity index (χ4v) is 3.57. The van der Waals surface area contributed by atoms with Gasteiger partial charge in [-0.05, 0) is 57.3 Å². The quantitative estimate of drug-likeness (QED) is 0.643. The smallest absolute Gasteiger partial charge is 0.261 e. The molecule has 2 N–H and O–H groups in total. The van der Waals surface area contributed by atoms with Crippen LogP contribution < -0.4 is 10.6 Å². The Morgan fingerprint density at radius 2 is 2.00 bits per heavy atom. The summed E-state index contributed by atoms with van der Waals surface area (Å²) >= 11 is 1.39. The summed E-state index contributed by atoms with van der Waals surface area (Å²) in [5.41, 5.74) is 1.62. The van der Waals surface area contributed by atoms with Crippen LogP contribution in [0.25, 0.3) is 15.9 Å².